The third-order valence-electron chi connectivity index (χ3n) is 4.49. The zero-order chi connectivity index (χ0) is 19.8. The highest BCUT2D eigenvalue weighted by Gasteiger charge is 2.44. The van der Waals surface area contributed by atoms with Gasteiger partial charge in [0.15, 0.2) is 5.76 Å². The molecular weight excluding hydrogens is 381 g/mol. The Balaban J connectivity index is 1.89. The van der Waals surface area contributed by atoms with Crippen LogP contribution >= 0.6 is 11.3 Å². The minimum atomic E-state index is -0.954. The maximum atomic E-state index is 13.8. The van der Waals surface area contributed by atoms with Crippen LogP contribution in [0.4, 0.5) is 10.1 Å². The number of amides is 1. The van der Waals surface area contributed by atoms with Crippen LogP contribution in [0.3, 0.4) is 0 Å². The predicted octanol–water partition coefficient (Wildman–Crippen LogP) is 4.38. The second kappa shape index (κ2) is 6.94. The van der Waals surface area contributed by atoms with Crippen molar-refractivity contribution >= 4 is 28.7 Å². The molecule has 1 aromatic heterocycles. The number of aliphatic hydroxyl groups excluding tert-OH is 1. The highest BCUT2D eigenvalue weighted by atomic mass is 32.1. The van der Waals surface area contributed by atoms with E-state index in [4.69, 9.17) is 0 Å². The van der Waals surface area contributed by atoms with Gasteiger partial charge in [-0.25, -0.2) is 4.39 Å². The number of aliphatic hydroxyl groups is 1. The molecule has 0 saturated heterocycles. The average molecular weight is 395 g/mol. The molecule has 1 amide bonds. The number of anilines is 1. The Morgan fingerprint density at radius 1 is 1.04 bits per heavy atom. The molecule has 7 heteroatoms. The topological polar surface area (TPSA) is 77.8 Å². The van der Waals surface area contributed by atoms with Crippen LogP contribution < -0.4 is 4.90 Å². The van der Waals surface area contributed by atoms with E-state index in [1.54, 1.807) is 29.6 Å². The normalized spacial score (nSPS) is 16.7. The lowest BCUT2D eigenvalue weighted by atomic mass is 9.95. The van der Waals surface area contributed by atoms with Crippen molar-refractivity contribution in [1.29, 1.82) is 0 Å². The molecule has 0 aliphatic carbocycles. The highest BCUT2D eigenvalue weighted by molar-refractivity contribution is 7.12. The lowest BCUT2D eigenvalue weighted by Gasteiger charge is -2.27. The van der Waals surface area contributed by atoms with Gasteiger partial charge in [-0.1, -0.05) is 24.3 Å². The number of Topliss-reactive ketones (excluding diaryl/α,β-unsaturated/α-hetero) is 1. The summed E-state index contributed by atoms with van der Waals surface area (Å²) >= 11 is 1.20. The van der Waals surface area contributed by atoms with E-state index in [2.05, 4.69) is 0 Å². The first-order valence-corrected chi connectivity index (χ1v) is 9.24. The van der Waals surface area contributed by atoms with Crippen molar-refractivity contribution in [2.45, 2.75) is 6.04 Å². The summed E-state index contributed by atoms with van der Waals surface area (Å²) in [6, 6.07) is 13.7. The standard InChI is InChI=1S/C21H14FNO4S/c22-13-3-1-4-14(11-13)23-18(12-6-8-15(24)9-7-12)17(20(26)21(23)27)19(25)16-5-2-10-28-16/h1-11,18,24,26H. The van der Waals surface area contributed by atoms with Gasteiger partial charge in [-0.05, 0) is 47.3 Å². The molecule has 0 bridgehead atoms. The predicted molar refractivity (Wildman–Crippen MR) is 103 cm³/mol. The van der Waals surface area contributed by atoms with Gasteiger partial charge in [0.25, 0.3) is 5.91 Å². The van der Waals surface area contributed by atoms with Gasteiger partial charge in [-0.2, -0.15) is 0 Å². The fourth-order valence-electron chi connectivity index (χ4n) is 3.24. The molecule has 140 valence electrons. The lowest BCUT2D eigenvalue weighted by molar-refractivity contribution is -0.117. The second-order valence-electron chi connectivity index (χ2n) is 6.22. The zero-order valence-corrected chi connectivity index (χ0v) is 15.2. The van der Waals surface area contributed by atoms with Crippen LogP contribution in [0.2, 0.25) is 0 Å². The van der Waals surface area contributed by atoms with E-state index in [1.807, 2.05) is 0 Å². The summed E-state index contributed by atoms with van der Waals surface area (Å²) in [5.74, 6) is -2.46. The molecule has 0 saturated carbocycles. The fraction of sp³-hybridized carbons (Fsp3) is 0.0476. The van der Waals surface area contributed by atoms with Crippen LogP contribution in [0.5, 0.6) is 5.75 Å². The van der Waals surface area contributed by atoms with Crippen LogP contribution in [0.1, 0.15) is 21.3 Å². The molecular formula is C21H14FNO4S. The quantitative estimate of drug-likeness (QED) is 0.643. The van der Waals surface area contributed by atoms with Gasteiger partial charge in [-0.15, -0.1) is 11.3 Å². The molecule has 1 atom stereocenters. The maximum Gasteiger partial charge on any atom is 0.294 e. The van der Waals surface area contributed by atoms with Crippen LogP contribution in [-0.4, -0.2) is 21.9 Å². The van der Waals surface area contributed by atoms with Crippen molar-refractivity contribution in [3.05, 3.63) is 93.6 Å². The molecule has 2 aromatic carbocycles. The molecule has 2 N–H and O–H groups in total. The number of benzene rings is 2. The van der Waals surface area contributed by atoms with Crippen molar-refractivity contribution in [2.24, 2.45) is 0 Å². The molecule has 5 nitrogen and oxygen atoms in total. The lowest BCUT2D eigenvalue weighted by Crippen LogP contribution is -2.31. The average Bonchev–Trinajstić information content (AvgIpc) is 3.30. The fourth-order valence-corrected chi connectivity index (χ4v) is 3.92. The van der Waals surface area contributed by atoms with Gasteiger partial charge >= 0.3 is 0 Å². The molecule has 28 heavy (non-hydrogen) atoms. The molecule has 0 radical (unpaired) electrons. The van der Waals surface area contributed by atoms with Gasteiger partial charge < -0.3 is 10.2 Å². The van der Waals surface area contributed by atoms with Crippen molar-refractivity contribution in [1.82, 2.24) is 0 Å². The smallest absolute Gasteiger partial charge is 0.294 e. The number of hydrogen-bond acceptors (Lipinski definition) is 5. The van der Waals surface area contributed by atoms with Crippen molar-refractivity contribution in [2.75, 3.05) is 4.90 Å². The molecule has 4 rings (SSSR count). The molecule has 1 aliphatic rings. The number of rotatable bonds is 4. The Kier molecular flexibility index (Phi) is 4.44. The summed E-state index contributed by atoms with van der Waals surface area (Å²) in [6.45, 7) is 0. The van der Waals surface area contributed by atoms with Crippen LogP contribution in [0.25, 0.3) is 0 Å². The maximum absolute atomic E-state index is 13.8. The van der Waals surface area contributed by atoms with Gasteiger partial charge in [0.2, 0.25) is 5.78 Å². The van der Waals surface area contributed by atoms with Crippen LogP contribution in [0, 0.1) is 5.82 Å². The van der Waals surface area contributed by atoms with Crippen molar-refractivity contribution in [3.63, 3.8) is 0 Å². The summed E-state index contributed by atoms with van der Waals surface area (Å²) < 4.78 is 13.8. The Labute approximate surface area is 163 Å². The molecule has 1 unspecified atom stereocenters. The first kappa shape index (κ1) is 17.9. The summed E-state index contributed by atoms with van der Waals surface area (Å²) in [6.07, 6.45) is 0. The monoisotopic (exact) mass is 395 g/mol. The number of halogens is 1. The Morgan fingerprint density at radius 3 is 2.43 bits per heavy atom. The number of ketones is 1. The summed E-state index contributed by atoms with van der Waals surface area (Å²) in [5, 5.41) is 21.9. The van der Waals surface area contributed by atoms with E-state index in [9.17, 15) is 24.2 Å². The molecule has 0 spiro atoms. The van der Waals surface area contributed by atoms with E-state index in [1.165, 1.54) is 46.6 Å². The largest absolute Gasteiger partial charge is 0.508 e. The number of phenolic OH excluding ortho intramolecular Hbond substituents is 1. The molecule has 2 heterocycles. The van der Waals surface area contributed by atoms with Gasteiger partial charge in [-0.3, -0.25) is 14.5 Å². The molecule has 0 fully saturated rings. The Hall–Kier alpha value is -3.45. The van der Waals surface area contributed by atoms with Gasteiger partial charge in [0.05, 0.1) is 16.5 Å². The highest BCUT2D eigenvalue weighted by Crippen LogP contribution is 2.42. The van der Waals surface area contributed by atoms with E-state index in [0.717, 1.165) is 6.07 Å². The van der Waals surface area contributed by atoms with Crippen molar-refractivity contribution in [3.8, 4) is 5.75 Å². The first-order chi connectivity index (χ1) is 13.5. The third kappa shape index (κ3) is 2.95. The van der Waals surface area contributed by atoms with E-state index < -0.39 is 29.3 Å². The van der Waals surface area contributed by atoms with E-state index >= 15 is 0 Å². The number of phenols is 1. The summed E-state index contributed by atoms with van der Waals surface area (Å²) in [7, 11) is 0. The third-order valence-corrected chi connectivity index (χ3v) is 5.36. The second-order valence-corrected chi connectivity index (χ2v) is 7.17. The minimum absolute atomic E-state index is 0.0183. The minimum Gasteiger partial charge on any atom is -0.508 e. The Morgan fingerprint density at radius 2 is 1.79 bits per heavy atom. The van der Waals surface area contributed by atoms with Crippen molar-refractivity contribution < 1.29 is 24.2 Å². The van der Waals surface area contributed by atoms with E-state index in [-0.39, 0.29) is 17.0 Å². The number of carbonyl (C=O) groups is 2. The summed E-state index contributed by atoms with van der Waals surface area (Å²) in [5.41, 5.74) is 0.630. The molecule has 1 aliphatic heterocycles. The number of carbonyl (C=O) groups excluding carboxylic acids is 2. The zero-order valence-electron chi connectivity index (χ0n) is 14.4. The number of aromatic hydroxyl groups is 1. The summed E-state index contributed by atoms with van der Waals surface area (Å²) in [4.78, 5) is 27.5. The Bertz CT molecular complexity index is 1090. The van der Waals surface area contributed by atoms with Gasteiger partial charge in [0, 0.05) is 5.69 Å². The van der Waals surface area contributed by atoms with E-state index in [0.29, 0.717) is 10.4 Å². The molecule has 3 aromatic rings. The van der Waals surface area contributed by atoms with Crippen LogP contribution in [-0.2, 0) is 4.79 Å². The first-order valence-electron chi connectivity index (χ1n) is 8.37. The van der Waals surface area contributed by atoms with Crippen LogP contribution in [0.15, 0.2) is 77.4 Å². The number of hydrogen-bond donors (Lipinski definition) is 2. The number of nitrogens with zero attached hydrogens (tertiary/aromatic N) is 1. The van der Waals surface area contributed by atoms with Gasteiger partial charge in [0.1, 0.15) is 11.6 Å². The SMILES string of the molecule is O=C(C1=C(O)C(=O)N(c2cccc(F)c2)C1c1ccc(O)cc1)c1cccs1. The number of thiophene rings is 1.